The zero-order valence-corrected chi connectivity index (χ0v) is 17.8. The lowest BCUT2D eigenvalue weighted by atomic mass is 9.97. The topological polar surface area (TPSA) is 72.1 Å². The van der Waals surface area contributed by atoms with E-state index in [2.05, 4.69) is 49.5 Å². The second kappa shape index (κ2) is 7.83. The van der Waals surface area contributed by atoms with Crippen molar-refractivity contribution in [3.8, 4) is 0 Å². The maximum atomic E-state index is 12.4. The van der Waals surface area contributed by atoms with E-state index in [-0.39, 0.29) is 5.56 Å². The Morgan fingerprint density at radius 3 is 2.63 bits per heavy atom. The molecule has 0 spiro atoms. The Hall–Kier alpha value is -2.74. The molecule has 0 atom stereocenters. The van der Waals surface area contributed by atoms with Crippen LogP contribution >= 0.6 is 0 Å². The Kier molecular flexibility index (Phi) is 5.02. The number of anilines is 1. The number of rotatable bonds is 4. The van der Waals surface area contributed by atoms with Gasteiger partial charge in [0.15, 0.2) is 5.82 Å². The van der Waals surface area contributed by atoms with Gasteiger partial charge in [-0.25, -0.2) is 14.6 Å². The third-order valence-electron chi connectivity index (χ3n) is 6.62. The van der Waals surface area contributed by atoms with Gasteiger partial charge in [-0.3, -0.25) is 9.69 Å². The van der Waals surface area contributed by atoms with E-state index < -0.39 is 0 Å². The molecule has 0 bridgehead atoms. The molecule has 2 aliphatic rings. The van der Waals surface area contributed by atoms with Gasteiger partial charge in [0.2, 0.25) is 0 Å². The largest absolute Gasteiger partial charge is 0.352 e. The van der Waals surface area contributed by atoms with Gasteiger partial charge in [0.05, 0.1) is 17.8 Å². The van der Waals surface area contributed by atoms with E-state index in [1.807, 2.05) is 6.07 Å². The summed E-state index contributed by atoms with van der Waals surface area (Å²) in [5.41, 5.74) is 5.61. The molecule has 0 radical (unpaired) electrons. The predicted molar refractivity (Wildman–Crippen MR) is 117 cm³/mol. The van der Waals surface area contributed by atoms with Crippen molar-refractivity contribution < 1.29 is 0 Å². The molecule has 0 N–H and O–H groups in total. The van der Waals surface area contributed by atoms with E-state index in [1.165, 1.54) is 18.5 Å². The summed E-state index contributed by atoms with van der Waals surface area (Å²) in [7, 11) is 2.07. The second-order valence-corrected chi connectivity index (χ2v) is 8.49. The minimum atomic E-state index is 0.0386. The van der Waals surface area contributed by atoms with Crippen molar-refractivity contribution in [1.29, 1.82) is 0 Å². The highest BCUT2D eigenvalue weighted by molar-refractivity contribution is 5.87. The molecule has 0 unspecified atom stereocenters. The van der Waals surface area contributed by atoms with Crippen LogP contribution in [0.2, 0.25) is 0 Å². The Morgan fingerprint density at radius 1 is 1.00 bits per heavy atom. The second-order valence-electron chi connectivity index (χ2n) is 8.49. The van der Waals surface area contributed by atoms with E-state index in [1.54, 1.807) is 11.0 Å². The minimum absolute atomic E-state index is 0.0386. The quantitative estimate of drug-likeness (QED) is 0.653. The first-order valence-corrected chi connectivity index (χ1v) is 10.9. The highest BCUT2D eigenvalue weighted by atomic mass is 16.1. The van der Waals surface area contributed by atoms with Crippen molar-refractivity contribution in [1.82, 2.24) is 29.2 Å². The van der Waals surface area contributed by atoms with Crippen molar-refractivity contribution in [2.24, 2.45) is 7.05 Å². The fraction of sp³-hybridized carbons (Fsp3) is 0.545. The molecule has 0 saturated carbocycles. The van der Waals surface area contributed by atoms with Gasteiger partial charge in [0.1, 0.15) is 11.8 Å². The number of aryl methyl sites for hydroxylation is 4. The summed E-state index contributed by atoms with van der Waals surface area (Å²) < 4.78 is 3.84. The Balaban J connectivity index is 1.24. The molecule has 0 aromatic carbocycles. The smallest absolute Gasteiger partial charge is 0.267 e. The van der Waals surface area contributed by atoms with Crippen LogP contribution in [0.25, 0.3) is 11.0 Å². The number of piperazine rings is 1. The predicted octanol–water partition coefficient (Wildman–Crippen LogP) is 1.53. The van der Waals surface area contributed by atoms with Gasteiger partial charge in [-0.05, 0) is 44.2 Å². The average Bonchev–Trinajstić information content (AvgIpc) is 3.06. The minimum Gasteiger partial charge on any atom is -0.352 e. The van der Waals surface area contributed by atoms with Crippen LogP contribution in [0.15, 0.2) is 23.3 Å². The molecule has 158 valence electrons. The number of aromatic nitrogens is 5. The third-order valence-corrected chi connectivity index (χ3v) is 6.62. The van der Waals surface area contributed by atoms with Crippen molar-refractivity contribution in [2.45, 2.75) is 39.2 Å². The van der Waals surface area contributed by atoms with Crippen molar-refractivity contribution in [3.63, 3.8) is 0 Å². The van der Waals surface area contributed by atoms with E-state index in [9.17, 15) is 4.79 Å². The van der Waals surface area contributed by atoms with Crippen LogP contribution in [-0.4, -0.2) is 61.9 Å². The first-order valence-electron chi connectivity index (χ1n) is 10.9. The zero-order chi connectivity index (χ0) is 20.7. The van der Waals surface area contributed by atoms with Gasteiger partial charge < -0.3 is 9.47 Å². The molecule has 8 heteroatoms. The fourth-order valence-electron chi connectivity index (χ4n) is 4.69. The maximum absolute atomic E-state index is 12.4. The zero-order valence-electron chi connectivity index (χ0n) is 17.8. The van der Waals surface area contributed by atoms with Gasteiger partial charge >= 0.3 is 0 Å². The van der Waals surface area contributed by atoms with Crippen LogP contribution in [0.3, 0.4) is 0 Å². The number of fused-ring (bicyclic) bond motifs is 2. The first-order chi connectivity index (χ1) is 14.6. The summed E-state index contributed by atoms with van der Waals surface area (Å²) in [5.74, 6) is 1.02. The third kappa shape index (κ3) is 3.49. The molecular formula is C22H29N7O. The van der Waals surface area contributed by atoms with E-state index in [4.69, 9.17) is 0 Å². The molecular weight excluding hydrogens is 378 g/mol. The lowest BCUT2D eigenvalue weighted by Gasteiger charge is -2.35. The summed E-state index contributed by atoms with van der Waals surface area (Å²) in [6.45, 7) is 7.35. The lowest BCUT2D eigenvalue weighted by molar-refractivity contribution is 0.242. The highest BCUT2D eigenvalue weighted by Crippen LogP contribution is 2.26. The molecule has 1 aliphatic heterocycles. The summed E-state index contributed by atoms with van der Waals surface area (Å²) in [4.78, 5) is 26.2. The van der Waals surface area contributed by atoms with Crippen LogP contribution in [0.4, 0.5) is 5.82 Å². The molecule has 0 amide bonds. The Morgan fingerprint density at radius 2 is 1.80 bits per heavy atom. The summed E-state index contributed by atoms with van der Waals surface area (Å²) in [6.07, 6.45) is 6.01. The van der Waals surface area contributed by atoms with Gasteiger partial charge in [0.25, 0.3) is 5.56 Å². The average molecular weight is 408 g/mol. The molecule has 8 nitrogen and oxygen atoms in total. The van der Waals surface area contributed by atoms with Gasteiger partial charge in [-0.2, -0.15) is 5.10 Å². The van der Waals surface area contributed by atoms with Crippen molar-refractivity contribution >= 4 is 16.9 Å². The molecule has 1 fully saturated rings. The maximum Gasteiger partial charge on any atom is 0.267 e. The number of nitrogens with zero attached hydrogens (tertiary/aromatic N) is 7. The van der Waals surface area contributed by atoms with Gasteiger partial charge in [-0.15, -0.1) is 0 Å². The molecule has 3 aromatic heterocycles. The number of hydrogen-bond acceptors (Lipinski definition) is 6. The molecule has 5 rings (SSSR count). The van der Waals surface area contributed by atoms with Gasteiger partial charge in [0, 0.05) is 51.5 Å². The van der Waals surface area contributed by atoms with E-state index in [0.717, 1.165) is 73.7 Å². The molecule has 1 saturated heterocycles. The number of hydrogen-bond donors (Lipinski definition) is 0. The van der Waals surface area contributed by atoms with Crippen LogP contribution in [0.5, 0.6) is 0 Å². The van der Waals surface area contributed by atoms with Crippen LogP contribution in [-0.2, 0) is 26.4 Å². The molecule has 4 heterocycles. The summed E-state index contributed by atoms with van der Waals surface area (Å²) in [6, 6.07) is 3.92. The monoisotopic (exact) mass is 407 g/mol. The molecule has 1 aliphatic carbocycles. The fourth-order valence-corrected chi connectivity index (χ4v) is 4.69. The summed E-state index contributed by atoms with van der Waals surface area (Å²) in [5, 5.41) is 4.65. The Labute approximate surface area is 176 Å². The van der Waals surface area contributed by atoms with E-state index >= 15 is 0 Å². The Bertz CT molecular complexity index is 1120. The van der Waals surface area contributed by atoms with Crippen molar-refractivity contribution in [3.05, 3.63) is 45.8 Å². The van der Waals surface area contributed by atoms with E-state index in [0.29, 0.717) is 6.54 Å². The van der Waals surface area contributed by atoms with Crippen LogP contribution in [0.1, 0.15) is 29.8 Å². The van der Waals surface area contributed by atoms with Crippen LogP contribution in [0, 0.1) is 6.92 Å². The normalized spacial score (nSPS) is 17.5. The SMILES string of the molecule is Cc1cc2ncnc(N3CCN(CCn4nc5c(cc4=O)CCCC5)CC3)c2n1C. The van der Waals surface area contributed by atoms with Gasteiger partial charge in [-0.1, -0.05) is 0 Å². The van der Waals surface area contributed by atoms with Crippen LogP contribution < -0.4 is 10.5 Å². The van der Waals surface area contributed by atoms with Crippen molar-refractivity contribution in [2.75, 3.05) is 37.6 Å². The standard InChI is InChI=1S/C22H29N7O/c1-16-13-19-21(26(16)2)22(24-15-23-19)28-10-7-27(8-11-28)9-12-29-20(30)14-17-5-3-4-6-18(17)25-29/h13-15H,3-12H2,1-2H3. The first kappa shape index (κ1) is 19.2. The summed E-state index contributed by atoms with van der Waals surface area (Å²) >= 11 is 0. The molecule has 30 heavy (non-hydrogen) atoms. The molecule has 3 aromatic rings. The highest BCUT2D eigenvalue weighted by Gasteiger charge is 2.22. The lowest BCUT2D eigenvalue weighted by Crippen LogP contribution is -2.48.